The third-order valence-corrected chi connectivity index (χ3v) is 5.80. The first-order chi connectivity index (χ1) is 12.7. The second-order valence-electron chi connectivity index (χ2n) is 7.56. The molecule has 4 nitrogen and oxygen atoms in total. The minimum Gasteiger partial charge on any atom is -0.367 e. The van der Waals surface area contributed by atoms with Crippen molar-refractivity contribution in [2.24, 2.45) is 11.7 Å². The minimum absolute atomic E-state index is 0. The predicted molar refractivity (Wildman–Crippen MR) is 121 cm³/mol. The maximum atomic E-state index is 12.5. The summed E-state index contributed by atoms with van der Waals surface area (Å²) < 4.78 is 0. The number of nitrogens with two attached hydrogens (primary N) is 1. The van der Waals surface area contributed by atoms with E-state index < -0.39 is 0 Å². The summed E-state index contributed by atoms with van der Waals surface area (Å²) in [5, 5.41) is 3.13. The van der Waals surface area contributed by atoms with Gasteiger partial charge in [-0.25, -0.2) is 0 Å². The molecule has 0 aromatic heterocycles. The van der Waals surface area contributed by atoms with Crippen LogP contribution in [0.2, 0.25) is 0 Å². The average Bonchev–Trinajstić information content (AvgIpc) is 3.23. The van der Waals surface area contributed by atoms with Crippen LogP contribution in [0, 0.1) is 5.92 Å². The van der Waals surface area contributed by atoms with Gasteiger partial charge in [0.25, 0.3) is 0 Å². The zero-order valence-corrected chi connectivity index (χ0v) is 17.6. The lowest BCUT2D eigenvalue weighted by Crippen LogP contribution is -2.28. The number of carbonyl (C=O) groups excluding carboxylic acids is 1. The van der Waals surface area contributed by atoms with Crippen molar-refractivity contribution in [2.75, 3.05) is 16.8 Å². The summed E-state index contributed by atoms with van der Waals surface area (Å²) in [6, 6.07) is 16.9. The molecule has 2 aliphatic rings. The molecule has 28 heavy (non-hydrogen) atoms. The highest BCUT2D eigenvalue weighted by atomic mass is 35.5. The van der Waals surface area contributed by atoms with E-state index in [1.54, 1.807) is 0 Å². The van der Waals surface area contributed by atoms with Crippen molar-refractivity contribution in [3.63, 3.8) is 0 Å². The number of para-hydroxylation sites is 2. The molecule has 1 fully saturated rings. The van der Waals surface area contributed by atoms with Crippen LogP contribution in [0.1, 0.15) is 36.8 Å². The molecule has 0 spiro atoms. The smallest absolute Gasteiger partial charge is 0.224 e. The molecular weight excluding hydrogens is 393 g/mol. The Kier molecular flexibility index (Phi) is 8.17. The third kappa shape index (κ3) is 4.99. The van der Waals surface area contributed by atoms with Crippen LogP contribution >= 0.6 is 24.8 Å². The number of hydrogen-bond donors (Lipinski definition) is 2. The Labute approximate surface area is 179 Å². The molecule has 1 heterocycles. The molecule has 0 saturated heterocycles. The van der Waals surface area contributed by atoms with E-state index in [-0.39, 0.29) is 36.8 Å². The van der Waals surface area contributed by atoms with Gasteiger partial charge in [0.05, 0.1) is 0 Å². The summed E-state index contributed by atoms with van der Waals surface area (Å²) in [6.45, 7) is 1.84. The summed E-state index contributed by atoms with van der Waals surface area (Å²) in [5.41, 5.74) is 10.9. The number of amides is 1. The highest BCUT2D eigenvalue weighted by Crippen LogP contribution is 2.31. The van der Waals surface area contributed by atoms with Gasteiger partial charge in [-0.05, 0) is 48.4 Å². The number of nitrogens with zero attached hydrogens (tertiary/aromatic N) is 1. The summed E-state index contributed by atoms with van der Waals surface area (Å²) in [5.74, 6) is 0.411. The van der Waals surface area contributed by atoms with Crippen molar-refractivity contribution >= 4 is 42.1 Å². The molecule has 2 aromatic rings. The van der Waals surface area contributed by atoms with Gasteiger partial charge in [0.15, 0.2) is 0 Å². The van der Waals surface area contributed by atoms with E-state index in [0.29, 0.717) is 12.3 Å². The first-order valence-corrected chi connectivity index (χ1v) is 9.67. The fourth-order valence-electron chi connectivity index (χ4n) is 4.31. The van der Waals surface area contributed by atoms with Crippen LogP contribution in [0.5, 0.6) is 0 Å². The Hall–Kier alpha value is -1.75. The van der Waals surface area contributed by atoms with Crippen molar-refractivity contribution in [3.8, 4) is 0 Å². The van der Waals surface area contributed by atoms with E-state index in [2.05, 4.69) is 40.5 Å². The highest BCUT2D eigenvalue weighted by Gasteiger charge is 2.26. The number of fused-ring (bicyclic) bond motifs is 1. The van der Waals surface area contributed by atoms with Crippen molar-refractivity contribution in [1.82, 2.24) is 0 Å². The Bertz CT molecular complexity index is 799. The number of halogens is 2. The molecule has 2 atom stereocenters. The lowest BCUT2D eigenvalue weighted by atomic mass is 9.99. The molecular formula is C22H29Cl2N3O. The second-order valence-corrected chi connectivity index (χ2v) is 7.56. The van der Waals surface area contributed by atoms with Crippen LogP contribution in [0.25, 0.3) is 0 Å². The van der Waals surface area contributed by atoms with Crippen LogP contribution < -0.4 is 16.0 Å². The maximum absolute atomic E-state index is 12.5. The largest absolute Gasteiger partial charge is 0.367 e. The Morgan fingerprint density at radius 3 is 2.61 bits per heavy atom. The van der Waals surface area contributed by atoms with Gasteiger partial charge in [-0.3, -0.25) is 4.79 Å². The summed E-state index contributed by atoms with van der Waals surface area (Å²) in [6.07, 6.45) is 4.88. The molecule has 3 N–H and O–H groups in total. The van der Waals surface area contributed by atoms with Crippen molar-refractivity contribution < 1.29 is 4.79 Å². The number of nitrogens with one attached hydrogen (secondary N) is 1. The predicted octanol–water partition coefficient (Wildman–Crippen LogP) is 4.55. The Morgan fingerprint density at radius 1 is 1.07 bits per heavy atom. The van der Waals surface area contributed by atoms with Crippen LogP contribution in [-0.4, -0.2) is 18.5 Å². The molecule has 0 radical (unpaired) electrons. The molecule has 1 aliphatic heterocycles. The number of benzene rings is 2. The summed E-state index contributed by atoms with van der Waals surface area (Å²) in [7, 11) is 0. The molecule has 0 bridgehead atoms. The molecule has 1 saturated carbocycles. The second kappa shape index (κ2) is 10.1. The summed E-state index contributed by atoms with van der Waals surface area (Å²) in [4.78, 5) is 14.9. The molecule has 152 valence electrons. The monoisotopic (exact) mass is 421 g/mol. The first-order valence-electron chi connectivity index (χ1n) is 9.67. The normalized spacial score (nSPS) is 20.1. The van der Waals surface area contributed by atoms with E-state index >= 15 is 0 Å². The zero-order chi connectivity index (χ0) is 17.9. The maximum Gasteiger partial charge on any atom is 0.224 e. The first kappa shape index (κ1) is 22.5. The van der Waals surface area contributed by atoms with Gasteiger partial charge in [0, 0.05) is 36.9 Å². The van der Waals surface area contributed by atoms with E-state index in [9.17, 15) is 4.79 Å². The molecule has 6 heteroatoms. The van der Waals surface area contributed by atoms with Gasteiger partial charge < -0.3 is 16.0 Å². The molecule has 2 aromatic carbocycles. The molecule has 0 unspecified atom stereocenters. The SMILES string of the molecule is Cl.Cl.N[C@@H]1CCC[C@H]1CC(=O)Nc1ccccc1CN1CCc2ccccc21. The van der Waals surface area contributed by atoms with Gasteiger partial charge in [-0.2, -0.15) is 0 Å². The van der Waals surface area contributed by atoms with Crippen LogP contribution in [0.3, 0.4) is 0 Å². The van der Waals surface area contributed by atoms with E-state index in [4.69, 9.17) is 5.73 Å². The molecule has 4 rings (SSSR count). The quantitative estimate of drug-likeness (QED) is 0.744. The van der Waals surface area contributed by atoms with Crippen LogP contribution in [0.4, 0.5) is 11.4 Å². The minimum atomic E-state index is 0. The summed E-state index contributed by atoms with van der Waals surface area (Å²) >= 11 is 0. The molecule has 1 amide bonds. The van der Waals surface area contributed by atoms with E-state index in [1.165, 1.54) is 11.3 Å². The number of hydrogen-bond acceptors (Lipinski definition) is 3. The molecule has 1 aliphatic carbocycles. The topological polar surface area (TPSA) is 58.4 Å². The lowest BCUT2D eigenvalue weighted by Gasteiger charge is -2.22. The average molecular weight is 422 g/mol. The van der Waals surface area contributed by atoms with E-state index in [1.807, 2.05) is 18.2 Å². The fraction of sp³-hybridized carbons (Fsp3) is 0.409. The van der Waals surface area contributed by atoms with Gasteiger partial charge >= 0.3 is 0 Å². The van der Waals surface area contributed by atoms with Crippen molar-refractivity contribution in [1.29, 1.82) is 0 Å². The highest BCUT2D eigenvalue weighted by molar-refractivity contribution is 5.91. The third-order valence-electron chi connectivity index (χ3n) is 5.80. The number of anilines is 2. The zero-order valence-electron chi connectivity index (χ0n) is 16.0. The van der Waals surface area contributed by atoms with Gasteiger partial charge in [-0.15, -0.1) is 24.8 Å². The number of rotatable bonds is 5. The van der Waals surface area contributed by atoms with Gasteiger partial charge in [0.2, 0.25) is 5.91 Å². The Morgan fingerprint density at radius 2 is 1.82 bits per heavy atom. The van der Waals surface area contributed by atoms with Crippen molar-refractivity contribution in [2.45, 2.75) is 44.7 Å². The van der Waals surface area contributed by atoms with Crippen LogP contribution in [-0.2, 0) is 17.8 Å². The van der Waals surface area contributed by atoms with Gasteiger partial charge in [0.1, 0.15) is 0 Å². The van der Waals surface area contributed by atoms with E-state index in [0.717, 1.165) is 50.0 Å². The van der Waals surface area contributed by atoms with Crippen molar-refractivity contribution in [3.05, 3.63) is 59.7 Å². The Balaban J connectivity index is 0.00000140. The standard InChI is InChI=1S/C22H27N3O.2ClH/c23-19-9-5-8-17(19)14-22(26)24-20-10-3-1-7-18(20)15-25-13-12-16-6-2-4-11-21(16)25;;/h1-4,6-7,10-11,17,19H,5,8-9,12-15,23H2,(H,24,26);2*1H/t17-,19+;;/m0../s1. The van der Waals surface area contributed by atoms with Crippen LogP contribution in [0.15, 0.2) is 48.5 Å². The fourth-order valence-corrected chi connectivity index (χ4v) is 4.31. The number of carbonyl (C=O) groups is 1. The lowest BCUT2D eigenvalue weighted by molar-refractivity contribution is -0.117. The van der Waals surface area contributed by atoms with Gasteiger partial charge in [-0.1, -0.05) is 42.8 Å².